The van der Waals surface area contributed by atoms with E-state index < -0.39 is 0 Å². The van der Waals surface area contributed by atoms with E-state index in [0.29, 0.717) is 23.6 Å². The van der Waals surface area contributed by atoms with Crippen molar-refractivity contribution in [3.05, 3.63) is 52.6 Å². The Balaban J connectivity index is 2.13. The van der Waals surface area contributed by atoms with E-state index in [1.54, 1.807) is 10.8 Å². The molecule has 0 bridgehead atoms. The maximum atomic E-state index is 12.7. The zero-order valence-electron chi connectivity index (χ0n) is 15.0. The Kier molecular flexibility index (Phi) is 4.70. The van der Waals surface area contributed by atoms with E-state index in [0.717, 1.165) is 16.8 Å². The summed E-state index contributed by atoms with van der Waals surface area (Å²) in [5.41, 5.74) is 1.08. The van der Waals surface area contributed by atoms with Gasteiger partial charge in [0.2, 0.25) is 0 Å². The highest BCUT2D eigenvalue weighted by Crippen LogP contribution is 2.24. The van der Waals surface area contributed by atoms with Crippen LogP contribution in [0.2, 0.25) is 0 Å². The first-order valence-corrected chi connectivity index (χ1v) is 8.48. The highest BCUT2D eigenvalue weighted by Gasteiger charge is 2.12. The van der Waals surface area contributed by atoms with Gasteiger partial charge < -0.3 is 15.2 Å². The molecule has 0 aliphatic carbocycles. The molecule has 0 amide bonds. The Morgan fingerprint density at radius 1 is 1.20 bits per heavy atom. The van der Waals surface area contributed by atoms with Crippen LogP contribution >= 0.6 is 0 Å². The third-order valence-corrected chi connectivity index (χ3v) is 3.90. The van der Waals surface area contributed by atoms with Crippen LogP contribution in [-0.4, -0.2) is 20.6 Å². The van der Waals surface area contributed by atoms with Gasteiger partial charge in [0.05, 0.1) is 5.39 Å². The van der Waals surface area contributed by atoms with Crippen molar-refractivity contribution in [2.75, 3.05) is 10.6 Å². The van der Waals surface area contributed by atoms with Gasteiger partial charge in [-0.3, -0.25) is 4.79 Å². The Hall–Kier alpha value is -2.89. The van der Waals surface area contributed by atoms with Crippen molar-refractivity contribution in [3.8, 4) is 0 Å². The minimum atomic E-state index is -0.0316. The summed E-state index contributed by atoms with van der Waals surface area (Å²) in [7, 11) is 0. The molecule has 3 aromatic heterocycles. The predicted molar refractivity (Wildman–Crippen MR) is 103 cm³/mol. The fourth-order valence-electron chi connectivity index (χ4n) is 2.73. The second kappa shape index (κ2) is 6.93. The summed E-state index contributed by atoms with van der Waals surface area (Å²) < 4.78 is 1.69. The quantitative estimate of drug-likeness (QED) is 0.743. The minimum absolute atomic E-state index is 0.0316. The normalized spacial score (nSPS) is 11.1. The molecule has 0 unspecified atom stereocenters. The minimum Gasteiger partial charge on any atom is -0.367 e. The third kappa shape index (κ3) is 3.63. The van der Waals surface area contributed by atoms with Crippen LogP contribution in [0.5, 0.6) is 0 Å². The summed E-state index contributed by atoms with van der Waals surface area (Å²) in [5, 5.41) is 7.98. The van der Waals surface area contributed by atoms with Crippen LogP contribution in [0.4, 0.5) is 17.5 Å². The van der Waals surface area contributed by atoms with Crippen LogP contribution in [0.3, 0.4) is 0 Å². The van der Waals surface area contributed by atoms with Crippen LogP contribution in [0.25, 0.3) is 10.8 Å². The molecule has 0 saturated heterocycles. The van der Waals surface area contributed by atoms with E-state index in [-0.39, 0.29) is 11.6 Å². The molecule has 2 N–H and O–H groups in total. The molecule has 0 aliphatic heterocycles. The molecule has 0 fully saturated rings. The number of aromatic nitrogens is 3. The summed E-state index contributed by atoms with van der Waals surface area (Å²) >= 11 is 0. The Morgan fingerprint density at radius 2 is 2.00 bits per heavy atom. The van der Waals surface area contributed by atoms with Crippen molar-refractivity contribution >= 4 is 28.2 Å². The molecule has 25 heavy (non-hydrogen) atoms. The van der Waals surface area contributed by atoms with Gasteiger partial charge in [0, 0.05) is 25.0 Å². The molecule has 0 saturated carbocycles. The van der Waals surface area contributed by atoms with Crippen molar-refractivity contribution in [2.45, 2.75) is 40.3 Å². The van der Waals surface area contributed by atoms with Gasteiger partial charge in [-0.25, -0.2) is 9.97 Å². The van der Waals surface area contributed by atoms with Gasteiger partial charge in [0.15, 0.2) is 0 Å². The van der Waals surface area contributed by atoms with Crippen LogP contribution in [0, 0.1) is 6.92 Å². The third-order valence-electron chi connectivity index (χ3n) is 3.90. The molecule has 3 aromatic rings. The second-order valence-electron chi connectivity index (χ2n) is 6.37. The van der Waals surface area contributed by atoms with Crippen molar-refractivity contribution < 1.29 is 0 Å². The number of hydrogen-bond donors (Lipinski definition) is 2. The molecule has 0 radical (unpaired) electrons. The number of pyridine rings is 3. The molecule has 0 aromatic carbocycles. The monoisotopic (exact) mass is 337 g/mol. The van der Waals surface area contributed by atoms with E-state index >= 15 is 0 Å². The maximum Gasteiger partial charge on any atom is 0.262 e. The smallest absolute Gasteiger partial charge is 0.262 e. The van der Waals surface area contributed by atoms with Crippen molar-refractivity contribution in [1.82, 2.24) is 14.5 Å². The highest BCUT2D eigenvalue weighted by molar-refractivity contribution is 5.93. The lowest BCUT2D eigenvalue weighted by molar-refractivity contribution is 0.734. The number of anilines is 3. The average Bonchev–Trinajstić information content (AvgIpc) is 2.54. The maximum absolute atomic E-state index is 12.7. The van der Waals surface area contributed by atoms with Gasteiger partial charge in [-0.1, -0.05) is 0 Å². The summed E-state index contributed by atoms with van der Waals surface area (Å²) in [5.74, 6) is 1.97. The molecule has 130 valence electrons. The fourth-order valence-corrected chi connectivity index (χ4v) is 2.73. The predicted octanol–water partition coefficient (Wildman–Crippen LogP) is 3.68. The summed E-state index contributed by atoms with van der Waals surface area (Å²) in [6, 6.07) is 7.89. The van der Waals surface area contributed by atoms with Gasteiger partial charge in [0.1, 0.15) is 17.5 Å². The Bertz CT molecular complexity index is 962. The van der Waals surface area contributed by atoms with Gasteiger partial charge in [-0.15, -0.1) is 0 Å². The molecule has 6 heteroatoms. The van der Waals surface area contributed by atoms with E-state index in [1.807, 2.05) is 58.2 Å². The van der Waals surface area contributed by atoms with Crippen LogP contribution in [-0.2, 0) is 6.54 Å². The zero-order chi connectivity index (χ0) is 18.0. The number of nitrogens with zero attached hydrogens (tertiary/aromatic N) is 3. The van der Waals surface area contributed by atoms with Gasteiger partial charge in [-0.05, 0) is 62.9 Å². The van der Waals surface area contributed by atoms with Crippen LogP contribution in [0.1, 0.15) is 26.3 Å². The highest BCUT2D eigenvalue weighted by atomic mass is 16.1. The fraction of sp³-hybridized carbons (Fsp3) is 0.316. The number of hydrogen-bond acceptors (Lipinski definition) is 5. The van der Waals surface area contributed by atoms with Gasteiger partial charge in [0.25, 0.3) is 5.56 Å². The lowest BCUT2D eigenvalue weighted by Gasteiger charge is -2.15. The standard InChI is InChI=1S/C19H23N5O/c1-5-24-9-7-14-11-16(22-15-10-13(4)6-8-20-15)23-18(21-12(2)3)17(14)19(24)25/h6-12H,5H2,1-4H3,(H2,20,21,22,23). The van der Waals surface area contributed by atoms with Gasteiger partial charge in [-0.2, -0.15) is 0 Å². The lowest BCUT2D eigenvalue weighted by atomic mass is 10.2. The summed E-state index contributed by atoms with van der Waals surface area (Å²) in [6.45, 7) is 8.65. The molecular formula is C19H23N5O. The number of nitrogens with one attached hydrogen (secondary N) is 2. The molecule has 0 aliphatic rings. The first kappa shape index (κ1) is 17.0. The molecule has 0 spiro atoms. The molecular weight excluding hydrogens is 314 g/mol. The number of aryl methyl sites for hydroxylation is 2. The lowest BCUT2D eigenvalue weighted by Crippen LogP contribution is -2.21. The topological polar surface area (TPSA) is 71.8 Å². The van der Waals surface area contributed by atoms with E-state index in [4.69, 9.17) is 0 Å². The van der Waals surface area contributed by atoms with Crippen LogP contribution < -0.4 is 16.2 Å². The largest absolute Gasteiger partial charge is 0.367 e. The Labute approximate surface area is 146 Å². The van der Waals surface area contributed by atoms with Crippen molar-refractivity contribution in [3.63, 3.8) is 0 Å². The molecule has 3 rings (SSSR count). The molecule has 3 heterocycles. The first-order valence-electron chi connectivity index (χ1n) is 8.48. The molecule has 6 nitrogen and oxygen atoms in total. The summed E-state index contributed by atoms with van der Waals surface area (Å²) in [6.07, 6.45) is 3.57. The molecule has 0 atom stereocenters. The summed E-state index contributed by atoms with van der Waals surface area (Å²) in [4.78, 5) is 21.7. The van der Waals surface area contributed by atoms with E-state index in [1.165, 1.54) is 0 Å². The zero-order valence-corrected chi connectivity index (χ0v) is 15.0. The van der Waals surface area contributed by atoms with Gasteiger partial charge >= 0.3 is 0 Å². The number of rotatable bonds is 5. The first-order chi connectivity index (χ1) is 12.0. The Morgan fingerprint density at radius 3 is 2.68 bits per heavy atom. The van der Waals surface area contributed by atoms with Crippen molar-refractivity contribution in [1.29, 1.82) is 0 Å². The van der Waals surface area contributed by atoms with Crippen molar-refractivity contribution in [2.24, 2.45) is 0 Å². The second-order valence-corrected chi connectivity index (χ2v) is 6.37. The number of fused-ring (bicyclic) bond motifs is 1. The van der Waals surface area contributed by atoms with Crippen LogP contribution in [0.15, 0.2) is 41.5 Å². The van der Waals surface area contributed by atoms with E-state index in [9.17, 15) is 4.79 Å². The van der Waals surface area contributed by atoms with E-state index in [2.05, 4.69) is 20.6 Å². The average molecular weight is 337 g/mol. The SMILES string of the molecule is CCn1ccc2cc(Nc3cc(C)ccn3)nc(NC(C)C)c2c1=O.